The van der Waals surface area contributed by atoms with Crippen molar-refractivity contribution >= 4 is 19.7 Å². The lowest BCUT2D eigenvalue weighted by Crippen LogP contribution is -2.48. The van der Waals surface area contributed by atoms with E-state index < -0.39 is 74.0 Å². The highest BCUT2D eigenvalue weighted by Crippen LogP contribution is 2.48. The Labute approximate surface area is 274 Å². The molecular weight excluding hydrogens is 631 g/mol. The van der Waals surface area contributed by atoms with Gasteiger partial charge >= 0.3 is 25.4 Å². The van der Waals surface area contributed by atoms with Gasteiger partial charge in [-0.1, -0.05) is 50.0 Å². The van der Waals surface area contributed by atoms with Crippen molar-refractivity contribution in [2.45, 2.75) is 110 Å². The number of rotatable bonds is 17. The van der Waals surface area contributed by atoms with Crippen LogP contribution in [0.4, 0.5) is 0 Å². The molecule has 2 heterocycles. The van der Waals surface area contributed by atoms with Crippen LogP contribution < -0.4 is 15.3 Å². The van der Waals surface area contributed by atoms with Gasteiger partial charge in [-0.05, 0) is 71.2 Å². The molecule has 1 saturated heterocycles. The van der Waals surface area contributed by atoms with Crippen LogP contribution in [0.25, 0.3) is 10.4 Å². The minimum atomic E-state index is -4.37. The molecule has 0 aliphatic carbocycles. The zero-order valence-electron chi connectivity index (χ0n) is 27.9. The third kappa shape index (κ3) is 9.88. The summed E-state index contributed by atoms with van der Waals surface area (Å²) in [5.41, 5.74) is 7.73. The number of benzene rings is 1. The highest BCUT2D eigenvalue weighted by Gasteiger charge is 2.58. The Kier molecular flexibility index (Phi) is 13.6. The largest absolute Gasteiger partial charge is 0.462 e. The molecule has 1 fully saturated rings. The number of para-hydroxylation sites is 1. The molecule has 1 unspecified atom stereocenters. The van der Waals surface area contributed by atoms with Crippen molar-refractivity contribution < 1.29 is 37.4 Å². The van der Waals surface area contributed by atoms with Crippen LogP contribution in [0.15, 0.2) is 52.5 Å². The highest BCUT2D eigenvalue weighted by molar-refractivity contribution is 7.52. The van der Waals surface area contributed by atoms with Gasteiger partial charge in [0.2, 0.25) is 0 Å². The number of azide groups is 1. The predicted octanol–water partition coefficient (Wildman–Crippen LogP) is 5.78. The van der Waals surface area contributed by atoms with Gasteiger partial charge < -0.3 is 18.7 Å². The summed E-state index contributed by atoms with van der Waals surface area (Å²) in [6.07, 6.45) is -0.191. The summed E-state index contributed by atoms with van der Waals surface area (Å²) in [5.74, 6) is -1.48. The van der Waals surface area contributed by atoms with Crippen molar-refractivity contribution in [1.82, 2.24) is 14.6 Å². The standard InChI is InChI=1S/C31H45N6O9P/c1-8-13-23(14-9-2)28(39)45-26-25(44-29(31(26,7)35-36-32)37-18-17-21(5)33-30(37)40)19-42-47(41,46-24-15-11-10-12-16-24)34-22(6)27(38)43-20(3)4/h10-12,15-18,20,22-23,25-26,29H,8-9,13-14,19H2,1-7H3,(H,34,41)/t22-,25+,26+,29+,31+,47?/m0/s1. The van der Waals surface area contributed by atoms with Gasteiger partial charge in [0, 0.05) is 16.8 Å². The smallest absolute Gasteiger partial charge is 0.459 e. The van der Waals surface area contributed by atoms with E-state index in [0.717, 1.165) is 17.4 Å². The monoisotopic (exact) mass is 676 g/mol. The van der Waals surface area contributed by atoms with Crippen LogP contribution in [0.2, 0.25) is 0 Å². The number of carbonyl (C=O) groups excluding carboxylic acids is 2. The van der Waals surface area contributed by atoms with Crippen molar-refractivity contribution in [2.24, 2.45) is 11.0 Å². The van der Waals surface area contributed by atoms with E-state index in [1.807, 2.05) is 13.8 Å². The van der Waals surface area contributed by atoms with E-state index in [4.69, 9.17) is 23.3 Å². The average Bonchev–Trinajstić information content (AvgIpc) is 3.26. The number of hydrogen-bond donors (Lipinski definition) is 1. The molecule has 16 heteroatoms. The first-order valence-electron chi connectivity index (χ1n) is 15.7. The quantitative estimate of drug-likeness (QED) is 0.0702. The first-order valence-corrected chi connectivity index (χ1v) is 17.3. The summed E-state index contributed by atoms with van der Waals surface area (Å²) in [6.45, 7) is 11.3. The normalized spacial score (nSPS) is 22.7. The Hall–Kier alpha value is -3.74. The van der Waals surface area contributed by atoms with Gasteiger partial charge in [-0.25, -0.2) is 9.36 Å². The molecule has 0 saturated carbocycles. The van der Waals surface area contributed by atoms with Crippen molar-refractivity contribution in [3.63, 3.8) is 0 Å². The lowest BCUT2D eigenvalue weighted by molar-refractivity contribution is -0.160. The molecule has 0 spiro atoms. The molecule has 0 radical (unpaired) electrons. The molecule has 6 atom stereocenters. The van der Waals surface area contributed by atoms with E-state index in [0.29, 0.717) is 18.5 Å². The highest BCUT2D eigenvalue weighted by atomic mass is 31.2. The molecule has 1 aliphatic heterocycles. The predicted molar refractivity (Wildman–Crippen MR) is 172 cm³/mol. The number of nitrogens with one attached hydrogen (secondary N) is 1. The number of nitrogens with zero attached hydrogens (tertiary/aromatic N) is 5. The van der Waals surface area contributed by atoms with Gasteiger partial charge in [-0.3, -0.25) is 18.7 Å². The van der Waals surface area contributed by atoms with Crippen LogP contribution in [0.3, 0.4) is 0 Å². The number of esters is 2. The van der Waals surface area contributed by atoms with Crippen LogP contribution in [-0.4, -0.2) is 58.0 Å². The van der Waals surface area contributed by atoms with E-state index >= 15 is 0 Å². The Morgan fingerprint density at radius 3 is 2.38 bits per heavy atom. The number of aromatic nitrogens is 2. The van der Waals surface area contributed by atoms with E-state index in [1.165, 1.54) is 20.0 Å². The second-order valence-corrected chi connectivity index (χ2v) is 13.6. The maximum atomic E-state index is 14.2. The van der Waals surface area contributed by atoms with Crippen molar-refractivity contribution in [1.29, 1.82) is 0 Å². The molecule has 0 bridgehead atoms. The Morgan fingerprint density at radius 1 is 1.15 bits per heavy atom. The zero-order chi connectivity index (χ0) is 34.8. The van der Waals surface area contributed by atoms with E-state index in [9.17, 15) is 24.5 Å². The second-order valence-electron chi connectivity index (χ2n) is 11.9. The van der Waals surface area contributed by atoms with Gasteiger partial charge in [0.25, 0.3) is 0 Å². The molecule has 1 aromatic carbocycles. The fourth-order valence-electron chi connectivity index (χ4n) is 5.24. The maximum Gasteiger partial charge on any atom is 0.459 e. The first-order chi connectivity index (χ1) is 22.3. The molecule has 258 valence electrons. The first kappa shape index (κ1) is 37.7. The number of aryl methyl sites for hydroxylation is 1. The fourth-order valence-corrected chi connectivity index (χ4v) is 6.75. The summed E-state index contributed by atoms with van der Waals surface area (Å²) >= 11 is 0. The minimum Gasteiger partial charge on any atom is -0.462 e. The summed E-state index contributed by atoms with van der Waals surface area (Å²) in [5, 5.41) is 6.59. The minimum absolute atomic E-state index is 0.180. The van der Waals surface area contributed by atoms with Crippen molar-refractivity contribution in [3.8, 4) is 5.75 Å². The molecular formula is C31H45N6O9P. The van der Waals surface area contributed by atoms with Crippen LogP contribution in [0, 0.1) is 12.8 Å². The molecule has 1 aromatic heterocycles. The topological polar surface area (TPSA) is 193 Å². The van der Waals surface area contributed by atoms with E-state index in [1.54, 1.807) is 57.2 Å². The van der Waals surface area contributed by atoms with Crippen LogP contribution >= 0.6 is 7.75 Å². The summed E-state index contributed by atoms with van der Waals surface area (Å²) in [4.78, 5) is 46.1. The summed E-state index contributed by atoms with van der Waals surface area (Å²) < 4.78 is 44.5. The molecule has 3 rings (SSSR count). The molecule has 2 aromatic rings. The summed E-state index contributed by atoms with van der Waals surface area (Å²) in [7, 11) is -4.37. The second kappa shape index (κ2) is 16.9. The maximum absolute atomic E-state index is 14.2. The SMILES string of the molecule is CCCC(CCC)C(=O)O[C@@H]1[C@@H](COP(=O)(N[C@@H](C)C(=O)OC(C)C)Oc2ccccc2)O[C@@H](n2ccc(C)nc2=O)[C@]1(C)N=[N+]=[N-]. The summed E-state index contributed by atoms with van der Waals surface area (Å²) in [6, 6.07) is 8.64. The van der Waals surface area contributed by atoms with Crippen LogP contribution in [0.1, 0.15) is 79.1 Å². The zero-order valence-corrected chi connectivity index (χ0v) is 28.8. The van der Waals surface area contributed by atoms with E-state index in [2.05, 4.69) is 20.1 Å². The van der Waals surface area contributed by atoms with Gasteiger partial charge in [0.05, 0.1) is 18.6 Å². The lowest BCUT2D eigenvalue weighted by Gasteiger charge is -2.32. The molecule has 1 aliphatic rings. The van der Waals surface area contributed by atoms with Gasteiger partial charge in [-0.15, -0.1) is 0 Å². The third-order valence-electron chi connectivity index (χ3n) is 7.48. The van der Waals surface area contributed by atoms with Gasteiger partial charge in [-0.2, -0.15) is 10.1 Å². The van der Waals surface area contributed by atoms with Gasteiger partial charge in [0.15, 0.2) is 6.23 Å². The van der Waals surface area contributed by atoms with Crippen LogP contribution in [0.5, 0.6) is 5.75 Å². The number of carbonyl (C=O) groups is 2. The van der Waals surface area contributed by atoms with Crippen LogP contribution in [-0.2, 0) is 32.9 Å². The Morgan fingerprint density at radius 2 is 1.81 bits per heavy atom. The van der Waals surface area contributed by atoms with Crippen molar-refractivity contribution in [2.75, 3.05) is 6.61 Å². The number of ether oxygens (including phenoxy) is 3. The average molecular weight is 677 g/mol. The third-order valence-corrected chi connectivity index (χ3v) is 9.13. The fraction of sp³-hybridized carbons (Fsp3) is 0.613. The van der Waals surface area contributed by atoms with Gasteiger partial charge in [0.1, 0.15) is 29.5 Å². The molecule has 0 amide bonds. The Balaban J connectivity index is 2.03. The lowest BCUT2D eigenvalue weighted by atomic mass is 9.92. The Bertz CT molecular complexity index is 1510. The molecule has 15 nitrogen and oxygen atoms in total. The van der Waals surface area contributed by atoms with E-state index in [-0.39, 0.29) is 5.75 Å². The number of hydrogen-bond acceptors (Lipinski definition) is 11. The van der Waals surface area contributed by atoms with Crippen molar-refractivity contribution in [3.05, 3.63) is 69.2 Å². The molecule has 47 heavy (non-hydrogen) atoms. The molecule has 1 N–H and O–H groups in total.